The van der Waals surface area contributed by atoms with Crippen molar-refractivity contribution in [1.82, 2.24) is 4.90 Å². The molecule has 0 spiro atoms. The minimum Gasteiger partial charge on any atom is -0.493 e. The third-order valence-electron chi connectivity index (χ3n) is 5.90. The highest BCUT2D eigenvalue weighted by atomic mass is 127. The first kappa shape index (κ1) is 26.3. The fourth-order valence-corrected chi connectivity index (χ4v) is 5.13. The van der Waals surface area contributed by atoms with Crippen LogP contribution in [0.4, 0.5) is 5.69 Å². The topological polar surface area (TPSA) is 65.8 Å². The van der Waals surface area contributed by atoms with Crippen LogP contribution in [0.2, 0.25) is 0 Å². The second-order valence-corrected chi connectivity index (χ2v) is 10.6. The lowest BCUT2D eigenvalue weighted by Gasteiger charge is -2.36. The molecular weight excluding hydrogens is 680 g/mol. The smallest absolute Gasteiger partial charge is 0.264 e. The van der Waals surface area contributed by atoms with Crippen molar-refractivity contribution in [2.75, 3.05) is 38.2 Å². The summed E-state index contributed by atoms with van der Waals surface area (Å²) in [4.78, 5) is 17.1. The summed E-state index contributed by atoms with van der Waals surface area (Å²) in [6.45, 7) is 3.01. The molecule has 3 aromatic rings. The van der Waals surface area contributed by atoms with Gasteiger partial charge in [-0.2, -0.15) is 5.26 Å². The molecule has 0 N–H and O–H groups in total. The Hall–Kier alpha value is -2.78. The fraction of sp³-hybridized carbons (Fsp3) is 0.214. The number of nitriles is 1. The normalized spacial score (nSPS) is 13.8. The van der Waals surface area contributed by atoms with Crippen LogP contribution in [-0.2, 0) is 11.4 Å². The summed E-state index contributed by atoms with van der Waals surface area (Å²) in [6, 6.07) is 24.1. The number of anilines is 1. The number of hydrogen-bond donors (Lipinski definition) is 0. The molecule has 1 aliphatic heterocycles. The first-order chi connectivity index (χ1) is 17.5. The average Bonchev–Trinajstić information content (AvgIpc) is 2.92. The highest BCUT2D eigenvalue weighted by molar-refractivity contribution is 14.1. The van der Waals surface area contributed by atoms with Crippen molar-refractivity contribution in [2.24, 2.45) is 0 Å². The molecule has 0 aliphatic carbocycles. The van der Waals surface area contributed by atoms with Crippen LogP contribution < -0.4 is 14.4 Å². The number of methoxy groups -OCH3 is 1. The Kier molecular flexibility index (Phi) is 9.09. The zero-order valence-electron chi connectivity index (χ0n) is 19.8. The largest absolute Gasteiger partial charge is 0.493 e. The number of rotatable bonds is 7. The van der Waals surface area contributed by atoms with Gasteiger partial charge in [-0.3, -0.25) is 4.79 Å². The summed E-state index contributed by atoms with van der Waals surface area (Å²) < 4.78 is 13.6. The summed E-state index contributed by atoms with van der Waals surface area (Å²) in [5.74, 6) is 0.939. The predicted molar refractivity (Wildman–Crippen MR) is 158 cm³/mol. The first-order valence-corrected chi connectivity index (χ1v) is 13.6. The van der Waals surface area contributed by atoms with E-state index < -0.39 is 0 Å². The van der Waals surface area contributed by atoms with E-state index in [0.29, 0.717) is 36.8 Å². The van der Waals surface area contributed by atoms with Gasteiger partial charge in [0.2, 0.25) is 0 Å². The van der Waals surface area contributed by atoms with Gasteiger partial charge in [0, 0.05) is 35.4 Å². The SMILES string of the molecule is COc1cc(/C=C(/C#N)C(=O)N2CCN(c3ccccc3)CC2)cc(I)c1OCc1ccc(I)cc1. The molecule has 8 heteroatoms. The molecule has 1 aliphatic rings. The summed E-state index contributed by atoms with van der Waals surface area (Å²) >= 11 is 4.46. The predicted octanol–water partition coefficient (Wildman–Crippen LogP) is 5.74. The third-order valence-corrected chi connectivity index (χ3v) is 7.42. The summed E-state index contributed by atoms with van der Waals surface area (Å²) in [5, 5.41) is 9.76. The van der Waals surface area contributed by atoms with E-state index in [1.165, 1.54) is 3.57 Å². The van der Waals surface area contributed by atoms with Crippen LogP contribution in [0.25, 0.3) is 6.08 Å². The second kappa shape index (κ2) is 12.5. The molecule has 184 valence electrons. The van der Waals surface area contributed by atoms with E-state index in [2.05, 4.69) is 68.3 Å². The van der Waals surface area contributed by atoms with Gasteiger partial charge in [0.15, 0.2) is 11.5 Å². The monoisotopic (exact) mass is 705 g/mol. The van der Waals surface area contributed by atoms with E-state index in [0.717, 1.165) is 27.9 Å². The van der Waals surface area contributed by atoms with E-state index in [1.807, 2.05) is 48.5 Å². The molecule has 0 unspecified atom stereocenters. The lowest BCUT2D eigenvalue weighted by Crippen LogP contribution is -2.49. The number of nitrogens with zero attached hydrogens (tertiary/aromatic N) is 3. The maximum atomic E-state index is 13.1. The van der Waals surface area contributed by atoms with Crippen LogP contribution in [-0.4, -0.2) is 44.1 Å². The number of carbonyl (C=O) groups excluding carboxylic acids is 1. The van der Waals surface area contributed by atoms with Crippen molar-refractivity contribution in [1.29, 1.82) is 5.26 Å². The highest BCUT2D eigenvalue weighted by Gasteiger charge is 2.24. The Morgan fingerprint density at radius 2 is 1.72 bits per heavy atom. The van der Waals surface area contributed by atoms with Crippen LogP contribution >= 0.6 is 45.2 Å². The Morgan fingerprint density at radius 3 is 2.36 bits per heavy atom. The minimum atomic E-state index is -0.252. The summed E-state index contributed by atoms with van der Waals surface area (Å²) in [6.07, 6.45) is 1.62. The Labute approximate surface area is 238 Å². The van der Waals surface area contributed by atoms with E-state index in [4.69, 9.17) is 9.47 Å². The lowest BCUT2D eigenvalue weighted by molar-refractivity contribution is -0.126. The molecular formula is C28H25I2N3O3. The molecule has 3 aromatic carbocycles. The van der Waals surface area contributed by atoms with Gasteiger partial charge in [-0.25, -0.2) is 0 Å². The van der Waals surface area contributed by atoms with Gasteiger partial charge < -0.3 is 19.3 Å². The number of para-hydroxylation sites is 1. The van der Waals surface area contributed by atoms with Crippen LogP contribution in [0.15, 0.2) is 72.3 Å². The molecule has 1 fully saturated rings. The zero-order chi connectivity index (χ0) is 25.5. The van der Waals surface area contributed by atoms with Gasteiger partial charge in [-0.1, -0.05) is 30.3 Å². The Balaban J connectivity index is 1.46. The van der Waals surface area contributed by atoms with Crippen LogP contribution in [0.3, 0.4) is 0 Å². The van der Waals surface area contributed by atoms with Crippen molar-refractivity contribution in [2.45, 2.75) is 6.61 Å². The van der Waals surface area contributed by atoms with Crippen molar-refractivity contribution < 1.29 is 14.3 Å². The van der Waals surface area contributed by atoms with E-state index in [1.54, 1.807) is 24.2 Å². The molecule has 0 aromatic heterocycles. The van der Waals surface area contributed by atoms with Crippen LogP contribution in [0.1, 0.15) is 11.1 Å². The van der Waals surface area contributed by atoms with Crippen molar-refractivity contribution in [3.63, 3.8) is 0 Å². The zero-order valence-corrected chi connectivity index (χ0v) is 24.1. The minimum absolute atomic E-state index is 0.105. The maximum absolute atomic E-state index is 13.1. The average molecular weight is 705 g/mol. The number of piperazine rings is 1. The van der Waals surface area contributed by atoms with E-state index in [9.17, 15) is 10.1 Å². The number of ether oxygens (including phenoxy) is 2. The van der Waals surface area contributed by atoms with Crippen LogP contribution in [0.5, 0.6) is 11.5 Å². The maximum Gasteiger partial charge on any atom is 0.264 e. The number of hydrogen-bond acceptors (Lipinski definition) is 5. The quantitative estimate of drug-likeness (QED) is 0.179. The van der Waals surface area contributed by atoms with Crippen molar-refractivity contribution in [3.8, 4) is 17.6 Å². The second-order valence-electron chi connectivity index (χ2n) is 8.23. The molecule has 1 amide bonds. The molecule has 0 radical (unpaired) electrons. The van der Waals surface area contributed by atoms with Gasteiger partial charge in [0.25, 0.3) is 5.91 Å². The van der Waals surface area contributed by atoms with Gasteiger partial charge in [0.05, 0.1) is 10.7 Å². The molecule has 6 nitrogen and oxygen atoms in total. The number of amides is 1. The Morgan fingerprint density at radius 1 is 1.03 bits per heavy atom. The van der Waals surface area contributed by atoms with Crippen molar-refractivity contribution in [3.05, 3.63) is 90.6 Å². The number of carbonyl (C=O) groups is 1. The van der Waals surface area contributed by atoms with Gasteiger partial charge >= 0.3 is 0 Å². The van der Waals surface area contributed by atoms with Crippen molar-refractivity contribution >= 4 is 62.9 Å². The van der Waals surface area contributed by atoms with E-state index >= 15 is 0 Å². The van der Waals surface area contributed by atoms with Crippen LogP contribution in [0, 0.1) is 18.5 Å². The summed E-state index contributed by atoms with van der Waals surface area (Å²) in [5.41, 5.74) is 3.02. The summed E-state index contributed by atoms with van der Waals surface area (Å²) in [7, 11) is 1.58. The standard InChI is InChI=1S/C28H25I2N3O3/c1-35-26-17-21(16-25(30)27(26)36-19-20-7-9-23(29)10-8-20)15-22(18-31)28(34)33-13-11-32(12-14-33)24-5-3-2-4-6-24/h2-10,15-17H,11-14,19H2,1H3/b22-15-. The number of halogens is 2. The fourth-order valence-electron chi connectivity index (χ4n) is 3.98. The lowest BCUT2D eigenvalue weighted by atomic mass is 10.1. The van der Waals surface area contributed by atoms with E-state index in [-0.39, 0.29) is 11.5 Å². The highest BCUT2D eigenvalue weighted by Crippen LogP contribution is 2.35. The van der Waals surface area contributed by atoms with Gasteiger partial charge in [-0.05, 0) is 98.8 Å². The number of benzene rings is 3. The molecule has 1 heterocycles. The molecule has 1 saturated heterocycles. The third kappa shape index (κ3) is 6.50. The molecule has 4 rings (SSSR count). The van der Waals surface area contributed by atoms with Gasteiger partial charge in [-0.15, -0.1) is 0 Å². The molecule has 36 heavy (non-hydrogen) atoms. The molecule has 0 atom stereocenters. The molecule has 0 saturated carbocycles. The Bertz CT molecular complexity index is 1280. The van der Waals surface area contributed by atoms with Gasteiger partial charge in [0.1, 0.15) is 18.2 Å². The molecule has 0 bridgehead atoms. The first-order valence-electron chi connectivity index (χ1n) is 11.4.